The summed E-state index contributed by atoms with van der Waals surface area (Å²) in [6.45, 7) is 13.4. The van der Waals surface area contributed by atoms with Gasteiger partial charge < -0.3 is 4.43 Å². The monoisotopic (exact) mass is 336 g/mol. The Hall–Kier alpha value is -0.673. The summed E-state index contributed by atoms with van der Waals surface area (Å²) < 4.78 is 6.35. The van der Waals surface area contributed by atoms with Crippen molar-refractivity contribution in [2.24, 2.45) is 0 Å². The second-order valence-electron chi connectivity index (χ2n) is 8.26. The van der Waals surface area contributed by atoms with E-state index in [4.69, 9.17) is 4.43 Å². The first-order valence-corrected chi connectivity index (χ1v) is 12.1. The Labute approximate surface area is 144 Å². The highest BCUT2D eigenvalue weighted by Crippen LogP contribution is 2.38. The zero-order valence-corrected chi connectivity index (χ0v) is 17.1. The van der Waals surface area contributed by atoms with E-state index in [-0.39, 0.29) is 16.9 Å². The van der Waals surface area contributed by atoms with Crippen LogP contribution >= 0.6 is 0 Å². The van der Waals surface area contributed by atoms with Gasteiger partial charge in [-0.25, -0.2) is 0 Å². The summed E-state index contributed by atoms with van der Waals surface area (Å²) in [7, 11) is -1.80. The number of hydrogen-bond acceptors (Lipinski definition) is 2. The van der Waals surface area contributed by atoms with Gasteiger partial charge in [0, 0.05) is 6.42 Å². The lowest BCUT2D eigenvalue weighted by atomic mass is 10.1. The van der Waals surface area contributed by atoms with Crippen LogP contribution in [-0.4, -0.2) is 20.2 Å². The van der Waals surface area contributed by atoms with Gasteiger partial charge >= 0.3 is 0 Å². The summed E-state index contributed by atoms with van der Waals surface area (Å²) in [5.41, 5.74) is 0.943. The molecule has 0 aromatic rings. The Kier molecular flexibility index (Phi) is 7.95. The van der Waals surface area contributed by atoms with Gasteiger partial charge in [-0.1, -0.05) is 59.1 Å². The fraction of sp³-hybridized carbons (Fsp3) is 0.750. The van der Waals surface area contributed by atoms with Crippen molar-refractivity contribution in [1.29, 1.82) is 0 Å². The second kappa shape index (κ2) is 8.98. The van der Waals surface area contributed by atoms with Gasteiger partial charge in [0.15, 0.2) is 14.1 Å². The minimum Gasteiger partial charge on any atom is -0.410 e. The van der Waals surface area contributed by atoms with Crippen LogP contribution in [0, 0.1) is 0 Å². The summed E-state index contributed by atoms with van der Waals surface area (Å²) in [5.74, 6) is 0.268. The third kappa shape index (κ3) is 6.76. The van der Waals surface area contributed by atoms with E-state index in [1.165, 1.54) is 25.7 Å². The number of unbranched alkanes of at least 4 members (excludes halogenated alkanes) is 4. The maximum Gasteiger partial charge on any atom is 0.192 e. The van der Waals surface area contributed by atoms with Crippen LogP contribution in [0.3, 0.4) is 0 Å². The molecule has 0 fully saturated rings. The Morgan fingerprint density at radius 1 is 1.22 bits per heavy atom. The van der Waals surface area contributed by atoms with Crippen molar-refractivity contribution in [3.8, 4) is 0 Å². The molecule has 2 nitrogen and oxygen atoms in total. The molecule has 1 rings (SSSR count). The highest BCUT2D eigenvalue weighted by atomic mass is 28.4. The summed E-state index contributed by atoms with van der Waals surface area (Å²) >= 11 is 0. The van der Waals surface area contributed by atoms with E-state index >= 15 is 0 Å². The molecule has 0 bridgehead atoms. The van der Waals surface area contributed by atoms with Crippen LogP contribution in [0.5, 0.6) is 0 Å². The molecule has 3 heteroatoms. The Morgan fingerprint density at radius 2 is 1.91 bits per heavy atom. The second-order valence-corrected chi connectivity index (χ2v) is 13.0. The minimum absolute atomic E-state index is 0.00338. The largest absolute Gasteiger partial charge is 0.410 e. The minimum atomic E-state index is -1.80. The molecular formula is C20H36O2Si. The quantitative estimate of drug-likeness (QED) is 0.285. The third-order valence-electron chi connectivity index (χ3n) is 5.11. The molecule has 0 N–H and O–H groups in total. The molecule has 1 aliphatic carbocycles. The van der Waals surface area contributed by atoms with Gasteiger partial charge in [-0.3, -0.25) is 4.79 Å². The third-order valence-corrected chi connectivity index (χ3v) is 9.62. The first kappa shape index (κ1) is 20.4. The van der Waals surface area contributed by atoms with Crippen LogP contribution in [0.4, 0.5) is 0 Å². The number of carbonyl (C=O) groups is 1. The molecule has 0 heterocycles. The SMILES string of the molecule is CCCCCC/C=C/CC1=CC(O[Si](C)(C)C(C)(C)C)CC1=O. The van der Waals surface area contributed by atoms with Gasteiger partial charge in [-0.2, -0.15) is 0 Å². The van der Waals surface area contributed by atoms with Crippen molar-refractivity contribution in [2.75, 3.05) is 0 Å². The summed E-state index contributed by atoms with van der Waals surface area (Å²) in [6, 6.07) is 0. The van der Waals surface area contributed by atoms with E-state index in [1.807, 2.05) is 0 Å². The van der Waals surface area contributed by atoms with Crippen molar-refractivity contribution < 1.29 is 9.22 Å². The lowest BCUT2D eigenvalue weighted by Crippen LogP contribution is -2.43. The first-order chi connectivity index (χ1) is 10.7. The standard InChI is InChI=1S/C20H36O2Si/c1-7-8-9-10-11-12-13-14-17-15-18(16-19(17)21)22-23(5,6)20(2,3)4/h12-13,15,18H,7-11,14,16H2,1-6H3/b13-12+. The molecule has 1 atom stereocenters. The van der Waals surface area contributed by atoms with E-state index in [2.05, 4.69) is 59.0 Å². The maximum absolute atomic E-state index is 12.2. The van der Waals surface area contributed by atoms with Gasteiger partial charge in [0.05, 0.1) is 6.10 Å². The molecule has 0 aromatic carbocycles. The Balaban J connectivity index is 2.45. The van der Waals surface area contributed by atoms with Gasteiger partial charge in [-0.15, -0.1) is 0 Å². The molecule has 0 saturated heterocycles. The highest BCUT2D eigenvalue weighted by molar-refractivity contribution is 6.74. The summed E-state index contributed by atoms with van der Waals surface area (Å²) in [5, 5.41) is 0.186. The lowest BCUT2D eigenvalue weighted by Gasteiger charge is -2.37. The van der Waals surface area contributed by atoms with Gasteiger partial charge in [-0.05, 0) is 49.0 Å². The molecule has 0 amide bonds. The molecule has 0 radical (unpaired) electrons. The van der Waals surface area contributed by atoms with Crippen LogP contribution in [-0.2, 0) is 9.22 Å². The van der Waals surface area contributed by atoms with Gasteiger partial charge in [0.25, 0.3) is 0 Å². The van der Waals surface area contributed by atoms with Crippen LogP contribution in [0.25, 0.3) is 0 Å². The van der Waals surface area contributed by atoms with Crippen molar-refractivity contribution >= 4 is 14.1 Å². The van der Waals surface area contributed by atoms with E-state index in [0.717, 1.165) is 18.4 Å². The number of carbonyl (C=O) groups excluding carboxylic acids is 1. The van der Waals surface area contributed by atoms with Gasteiger partial charge in [0.2, 0.25) is 0 Å². The van der Waals surface area contributed by atoms with Gasteiger partial charge in [0.1, 0.15) is 0 Å². The highest BCUT2D eigenvalue weighted by Gasteiger charge is 2.40. The average molecular weight is 337 g/mol. The Bertz CT molecular complexity index is 441. The normalized spacial score (nSPS) is 19.7. The molecule has 132 valence electrons. The molecule has 1 aliphatic rings. The zero-order valence-electron chi connectivity index (χ0n) is 16.1. The van der Waals surface area contributed by atoms with E-state index < -0.39 is 8.32 Å². The van der Waals surface area contributed by atoms with Crippen molar-refractivity contribution in [3.05, 3.63) is 23.8 Å². The number of ketones is 1. The lowest BCUT2D eigenvalue weighted by molar-refractivity contribution is -0.115. The predicted octanol–water partition coefficient (Wildman–Crippen LogP) is 6.19. The number of rotatable bonds is 9. The van der Waals surface area contributed by atoms with Crippen molar-refractivity contribution in [1.82, 2.24) is 0 Å². The fourth-order valence-corrected chi connectivity index (χ4v) is 3.78. The molecule has 23 heavy (non-hydrogen) atoms. The average Bonchev–Trinajstić information content (AvgIpc) is 2.76. The molecule has 0 aromatic heterocycles. The first-order valence-electron chi connectivity index (χ1n) is 9.24. The van der Waals surface area contributed by atoms with E-state index in [0.29, 0.717) is 6.42 Å². The van der Waals surface area contributed by atoms with Crippen LogP contribution in [0.2, 0.25) is 18.1 Å². The molecule has 1 unspecified atom stereocenters. The molecule has 0 spiro atoms. The summed E-state index contributed by atoms with van der Waals surface area (Å²) in [4.78, 5) is 12.2. The van der Waals surface area contributed by atoms with Crippen molar-refractivity contribution in [2.45, 2.75) is 96.9 Å². The number of hydrogen-bond donors (Lipinski definition) is 0. The predicted molar refractivity (Wildman–Crippen MR) is 102 cm³/mol. The van der Waals surface area contributed by atoms with E-state index in [9.17, 15) is 4.79 Å². The maximum atomic E-state index is 12.2. The van der Waals surface area contributed by atoms with Crippen LogP contribution < -0.4 is 0 Å². The van der Waals surface area contributed by atoms with Crippen molar-refractivity contribution in [3.63, 3.8) is 0 Å². The fourth-order valence-electron chi connectivity index (χ4n) is 2.52. The molecule has 0 saturated carbocycles. The number of Topliss-reactive ketones (excluding diaryl/α,β-unsaturated/α-hetero) is 1. The Morgan fingerprint density at radius 3 is 2.52 bits per heavy atom. The molecule has 0 aliphatic heterocycles. The number of allylic oxidation sites excluding steroid dienone is 3. The van der Waals surface area contributed by atoms with Crippen LogP contribution in [0.1, 0.15) is 72.6 Å². The zero-order chi connectivity index (χ0) is 17.5. The smallest absolute Gasteiger partial charge is 0.192 e. The topological polar surface area (TPSA) is 26.3 Å². The molecular weight excluding hydrogens is 300 g/mol. The van der Waals surface area contributed by atoms with E-state index in [1.54, 1.807) is 0 Å². The van der Waals surface area contributed by atoms with Crippen LogP contribution in [0.15, 0.2) is 23.8 Å². The summed E-state index contributed by atoms with van der Waals surface area (Å²) in [6.07, 6.45) is 14.1.